The molecular weight excluding hydrogens is 155 g/mol. The van der Waals surface area contributed by atoms with Crippen molar-refractivity contribution in [2.45, 2.75) is 6.56 Å². The van der Waals surface area contributed by atoms with Crippen LogP contribution in [0.15, 0.2) is 18.2 Å². The van der Waals surface area contributed by atoms with Crippen molar-refractivity contribution in [3.63, 3.8) is 0 Å². The van der Waals surface area contributed by atoms with Crippen molar-refractivity contribution in [1.29, 1.82) is 0 Å². The second-order valence-electron chi connectivity index (χ2n) is 2.50. The van der Waals surface area contributed by atoms with E-state index in [9.17, 15) is 9.82 Å². The predicted octanol–water partition coefficient (Wildman–Crippen LogP) is -0.283. The minimum Gasteiger partial charge on any atom is -0.423 e. The molecule has 0 bridgehead atoms. The first-order valence-corrected chi connectivity index (χ1v) is 3.51. The lowest BCUT2D eigenvalue weighted by molar-refractivity contribution is 0.112. The van der Waals surface area contributed by atoms with Gasteiger partial charge in [-0.2, -0.15) is 0 Å². The van der Waals surface area contributed by atoms with E-state index in [1.807, 2.05) is 0 Å². The molecule has 0 saturated heterocycles. The smallest absolute Gasteiger partial charge is 0.423 e. The third-order valence-corrected chi connectivity index (χ3v) is 1.79. The molecule has 0 aliphatic carbocycles. The third-order valence-electron chi connectivity index (χ3n) is 1.79. The Labute approximate surface area is 72.9 Å². The Balaban J connectivity index is 2.67. The van der Waals surface area contributed by atoms with Gasteiger partial charge in [-0.1, -0.05) is 18.2 Å². The molecule has 4 heteroatoms. The molecule has 60 valence electrons. The molecule has 0 radical (unpaired) electrons. The first-order valence-electron chi connectivity index (χ1n) is 4.51. The van der Waals surface area contributed by atoms with Gasteiger partial charge in [0.1, 0.15) is 6.29 Å². The molecule has 0 atom stereocenters. The van der Waals surface area contributed by atoms with Gasteiger partial charge in [0.25, 0.3) is 0 Å². The fourth-order valence-electron chi connectivity index (χ4n) is 1.23. The SMILES string of the molecule is [2H]C1([2H])OB(O)c2c(C=O)cccc21. The standard InChI is InChI=1S/C8H7BO3/c10-4-6-2-1-3-7-5-12-9(11)8(6)7/h1-4,11H,5H2/i5D2. The molecular formula is C8H7BO3. The highest BCUT2D eigenvalue weighted by atomic mass is 16.5. The number of carbonyl (C=O) groups excluding carboxylic acids is 1. The number of carbonyl (C=O) groups is 1. The van der Waals surface area contributed by atoms with Crippen LogP contribution in [0.4, 0.5) is 0 Å². The van der Waals surface area contributed by atoms with Gasteiger partial charge in [0.15, 0.2) is 0 Å². The zero-order chi connectivity index (χ0) is 10.3. The quantitative estimate of drug-likeness (QED) is 0.458. The lowest BCUT2D eigenvalue weighted by Gasteiger charge is -1.99. The molecule has 0 unspecified atom stereocenters. The molecule has 1 N–H and O–H groups in total. The summed E-state index contributed by atoms with van der Waals surface area (Å²) in [4.78, 5) is 10.6. The lowest BCUT2D eigenvalue weighted by atomic mass is 9.76. The van der Waals surface area contributed by atoms with Crippen LogP contribution in [0.5, 0.6) is 0 Å². The fourth-order valence-corrected chi connectivity index (χ4v) is 1.23. The van der Waals surface area contributed by atoms with E-state index in [1.54, 1.807) is 6.07 Å². The summed E-state index contributed by atoms with van der Waals surface area (Å²) >= 11 is 0. The largest absolute Gasteiger partial charge is 0.492 e. The molecule has 1 heterocycles. The number of benzene rings is 1. The molecule has 0 saturated carbocycles. The fraction of sp³-hybridized carbons (Fsp3) is 0.125. The van der Waals surface area contributed by atoms with Crippen LogP contribution >= 0.6 is 0 Å². The highest BCUT2D eigenvalue weighted by Crippen LogP contribution is 2.10. The van der Waals surface area contributed by atoms with E-state index in [2.05, 4.69) is 0 Å². The van der Waals surface area contributed by atoms with Crippen molar-refractivity contribution in [3.05, 3.63) is 29.3 Å². The van der Waals surface area contributed by atoms with Crippen molar-refractivity contribution in [3.8, 4) is 0 Å². The Morgan fingerprint density at radius 3 is 3.33 bits per heavy atom. The van der Waals surface area contributed by atoms with Crippen molar-refractivity contribution < 1.29 is 17.2 Å². The molecule has 1 aromatic carbocycles. The van der Waals surface area contributed by atoms with Crippen LogP contribution in [0.1, 0.15) is 18.7 Å². The maximum absolute atomic E-state index is 10.6. The summed E-state index contributed by atoms with van der Waals surface area (Å²) in [5.41, 5.74) is 0.707. The van der Waals surface area contributed by atoms with Gasteiger partial charge in [-0.25, -0.2) is 0 Å². The number of aldehydes is 1. The Kier molecular flexibility index (Phi) is 1.25. The highest BCUT2D eigenvalue weighted by Gasteiger charge is 2.29. The molecule has 0 amide bonds. The molecule has 1 aromatic rings. The van der Waals surface area contributed by atoms with Crippen molar-refractivity contribution in [2.24, 2.45) is 0 Å². The van der Waals surface area contributed by atoms with Crippen LogP contribution < -0.4 is 5.46 Å². The Bertz CT molecular complexity index is 394. The van der Waals surface area contributed by atoms with Crippen LogP contribution in [-0.2, 0) is 11.2 Å². The van der Waals surface area contributed by atoms with Gasteiger partial charge in [0, 0.05) is 5.56 Å². The van der Waals surface area contributed by atoms with Crippen molar-refractivity contribution in [2.75, 3.05) is 0 Å². The Morgan fingerprint density at radius 1 is 1.75 bits per heavy atom. The topological polar surface area (TPSA) is 46.5 Å². The first kappa shape index (κ1) is 5.51. The summed E-state index contributed by atoms with van der Waals surface area (Å²) in [6.07, 6.45) is 0.576. The molecule has 0 fully saturated rings. The Morgan fingerprint density at radius 2 is 2.58 bits per heavy atom. The minimum atomic E-state index is -2.02. The number of fused-ring (bicyclic) bond motifs is 1. The molecule has 2 rings (SSSR count). The zero-order valence-electron chi connectivity index (χ0n) is 8.15. The van der Waals surface area contributed by atoms with E-state index in [-0.39, 0.29) is 16.6 Å². The average molecular weight is 164 g/mol. The number of hydrogen-bond donors (Lipinski definition) is 1. The zero-order valence-corrected chi connectivity index (χ0v) is 6.15. The van der Waals surface area contributed by atoms with Gasteiger partial charge in [-0.15, -0.1) is 0 Å². The molecule has 3 nitrogen and oxygen atoms in total. The predicted molar refractivity (Wildman–Crippen MR) is 44.2 cm³/mol. The van der Waals surface area contributed by atoms with Crippen LogP contribution in [0, 0.1) is 0 Å². The molecule has 0 spiro atoms. The number of rotatable bonds is 1. The van der Waals surface area contributed by atoms with Crippen LogP contribution in [-0.4, -0.2) is 18.4 Å². The van der Waals surface area contributed by atoms with Gasteiger partial charge >= 0.3 is 7.12 Å². The van der Waals surface area contributed by atoms with E-state index in [0.29, 0.717) is 6.29 Å². The van der Waals surface area contributed by atoms with E-state index < -0.39 is 13.7 Å². The molecule has 1 aliphatic heterocycles. The van der Waals surface area contributed by atoms with Gasteiger partial charge < -0.3 is 9.68 Å². The second kappa shape index (κ2) is 2.73. The van der Waals surface area contributed by atoms with Crippen molar-refractivity contribution in [1.82, 2.24) is 0 Å². The lowest BCUT2D eigenvalue weighted by Crippen LogP contribution is -2.31. The number of hydrogen-bond acceptors (Lipinski definition) is 3. The van der Waals surface area contributed by atoms with Crippen molar-refractivity contribution >= 4 is 18.9 Å². The molecule has 0 aromatic heterocycles. The van der Waals surface area contributed by atoms with E-state index in [4.69, 9.17) is 7.40 Å². The summed E-state index contributed by atoms with van der Waals surface area (Å²) in [5, 5.41) is 9.41. The molecule has 12 heavy (non-hydrogen) atoms. The summed E-state index contributed by atoms with van der Waals surface area (Å²) in [6, 6.07) is 4.57. The minimum absolute atomic E-state index is 0.217. The third kappa shape index (κ3) is 0.966. The van der Waals surface area contributed by atoms with Crippen LogP contribution in [0.3, 0.4) is 0 Å². The van der Waals surface area contributed by atoms with Gasteiger partial charge in [-0.3, -0.25) is 4.79 Å². The maximum Gasteiger partial charge on any atom is 0.492 e. The van der Waals surface area contributed by atoms with Gasteiger partial charge in [0.05, 0.1) is 9.30 Å². The van der Waals surface area contributed by atoms with E-state index in [1.165, 1.54) is 12.1 Å². The van der Waals surface area contributed by atoms with Crippen LogP contribution in [0.2, 0.25) is 0 Å². The van der Waals surface area contributed by atoms with E-state index in [0.717, 1.165) is 0 Å². The normalized spacial score (nSPS) is 21.2. The monoisotopic (exact) mass is 164 g/mol. The summed E-state index contributed by atoms with van der Waals surface area (Å²) in [6.45, 7) is -2.02. The van der Waals surface area contributed by atoms with E-state index >= 15 is 0 Å². The van der Waals surface area contributed by atoms with Gasteiger partial charge in [0.2, 0.25) is 0 Å². The average Bonchev–Trinajstić information content (AvgIpc) is 2.38. The highest BCUT2D eigenvalue weighted by molar-refractivity contribution is 6.63. The van der Waals surface area contributed by atoms with Gasteiger partial charge in [-0.05, 0) is 11.0 Å². The summed E-state index contributed by atoms with van der Waals surface area (Å²) < 4.78 is 19.6. The second-order valence-corrected chi connectivity index (χ2v) is 2.50. The molecule has 1 aliphatic rings. The Hall–Kier alpha value is -1.13. The maximum atomic E-state index is 10.6. The van der Waals surface area contributed by atoms with Crippen LogP contribution in [0.25, 0.3) is 0 Å². The summed E-state index contributed by atoms with van der Waals surface area (Å²) in [5.74, 6) is 0. The summed E-state index contributed by atoms with van der Waals surface area (Å²) in [7, 11) is -1.36. The first-order chi connectivity index (χ1) is 6.56.